The lowest BCUT2D eigenvalue weighted by atomic mass is 9.98. The van der Waals surface area contributed by atoms with E-state index in [1.165, 1.54) is 10.7 Å². The molecule has 164 valence electrons. The molecular formula is C22H20ClFN6O2. The molecule has 0 fully saturated rings. The highest BCUT2D eigenvalue weighted by Gasteiger charge is 2.20. The number of benzene rings is 1. The number of fused-ring (bicyclic) bond motifs is 1. The van der Waals surface area contributed by atoms with Crippen LogP contribution in [0.1, 0.15) is 34.1 Å². The largest absolute Gasteiger partial charge is 0.387 e. The molecule has 32 heavy (non-hydrogen) atoms. The lowest BCUT2D eigenvalue weighted by molar-refractivity contribution is 0.0937. The zero-order valence-electron chi connectivity index (χ0n) is 17.1. The molecule has 4 rings (SSSR count). The number of nitrogens with zero attached hydrogens (tertiary/aromatic N) is 4. The summed E-state index contributed by atoms with van der Waals surface area (Å²) in [6.07, 6.45) is 2.39. The number of nitrogen functional groups attached to an aromatic ring is 1. The quantitative estimate of drug-likeness (QED) is 0.411. The van der Waals surface area contributed by atoms with Crippen molar-refractivity contribution in [2.45, 2.75) is 19.4 Å². The molecular weight excluding hydrogens is 435 g/mol. The number of amides is 1. The van der Waals surface area contributed by atoms with Crippen LogP contribution < -0.4 is 11.1 Å². The Morgan fingerprint density at radius 2 is 2.12 bits per heavy atom. The van der Waals surface area contributed by atoms with E-state index in [1.54, 1.807) is 49.5 Å². The number of rotatable bonds is 6. The zero-order valence-corrected chi connectivity index (χ0v) is 17.8. The smallest absolute Gasteiger partial charge is 0.254 e. The highest BCUT2D eigenvalue weighted by atomic mass is 35.5. The monoisotopic (exact) mass is 454 g/mol. The van der Waals surface area contributed by atoms with E-state index in [9.17, 15) is 9.90 Å². The van der Waals surface area contributed by atoms with E-state index in [0.717, 1.165) is 0 Å². The zero-order chi connectivity index (χ0) is 22.8. The molecule has 0 aliphatic heterocycles. The fraction of sp³-hybridized carbons (Fsp3) is 0.182. The fourth-order valence-electron chi connectivity index (χ4n) is 3.38. The first-order chi connectivity index (χ1) is 15.3. The summed E-state index contributed by atoms with van der Waals surface area (Å²) in [5.41, 5.74) is 7.76. The van der Waals surface area contributed by atoms with Crippen molar-refractivity contribution >= 4 is 29.1 Å². The number of aliphatic hydroxyl groups is 1. The topological polar surface area (TPSA) is 118 Å². The van der Waals surface area contributed by atoms with Crippen molar-refractivity contribution in [3.63, 3.8) is 0 Å². The fourth-order valence-corrected chi connectivity index (χ4v) is 3.50. The van der Waals surface area contributed by atoms with Gasteiger partial charge in [0.1, 0.15) is 5.82 Å². The number of carbonyl (C=O) groups is 1. The maximum atomic E-state index is 15.4. The van der Waals surface area contributed by atoms with Gasteiger partial charge in [-0.2, -0.15) is 4.98 Å². The van der Waals surface area contributed by atoms with Gasteiger partial charge in [0.2, 0.25) is 5.95 Å². The van der Waals surface area contributed by atoms with E-state index in [2.05, 4.69) is 20.4 Å². The first kappa shape index (κ1) is 21.7. The maximum absolute atomic E-state index is 15.4. The van der Waals surface area contributed by atoms with Crippen molar-refractivity contribution in [1.29, 1.82) is 0 Å². The number of aliphatic hydroxyl groups excluding tert-OH is 1. The van der Waals surface area contributed by atoms with Gasteiger partial charge in [-0.1, -0.05) is 23.7 Å². The minimum atomic E-state index is -0.882. The summed E-state index contributed by atoms with van der Waals surface area (Å²) in [6.45, 7) is 1.80. The third-order valence-corrected chi connectivity index (χ3v) is 5.26. The summed E-state index contributed by atoms with van der Waals surface area (Å²) in [5.74, 6) is -1.09. The number of hydrogen-bond donors (Lipinski definition) is 3. The second-order valence-corrected chi connectivity index (χ2v) is 7.71. The second kappa shape index (κ2) is 8.89. The minimum absolute atomic E-state index is 0.0533. The van der Waals surface area contributed by atoms with Crippen LogP contribution >= 0.6 is 11.6 Å². The number of nitrogens with two attached hydrogens (primary N) is 1. The van der Waals surface area contributed by atoms with E-state index in [-0.39, 0.29) is 30.0 Å². The van der Waals surface area contributed by atoms with Gasteiger partial charge in [-0.05, 0) is 48.7 Å². The molecule has 0 bridgehead atoms. The van der Waals surface area contributed by atoms with Crippen LogP contribution in [0.5, 0.6) is 0 Å². The van der Waals surface area contributed by atoms with Crippen molar-refractivity contribution in [3.05, 3.63) is 76.5 Å². The Morgan fingerprint density at radius 1 is 1.31 bits per heavy atom. The van der Waals surface area contributed by atoms with Crippen molar-refractivity contribution in [3.8, 4) is 11.1 Å². The molecule has 1 amide bonds. The van der Waals surface area contributed by atoms with Gasteiger partial charge >= 0.3 is 0 Å². The van der Waals surface area contributed by atoms with E-state index < -0.39 is 17.8 Å². The number of anilines is 1. The van der Waals surface area contributed by atoms with E-state index in [1.807, 2.05) is 0 Å². The third-order valence-electron chi connectivity index (χ3n) is 5.04. The van der Waals surface area contributed by atoms with Gasteiger partial charge in [0.15, 0.2) is 5.65 Å². The number of hydrogen-bond acceptors (Lipinski definition) is 6. The second-order valence-electron chi connectivity index (χ2n) is 7.27. The van der Waals surface area contributed by atoms with Crippen molar-refractivity contribution in [2.75, 3.05) is 12.3 Å². The lowest BCUT2D eigenvalue weighted by Gasteiger charge is -2.14. The standard InChI is InChI=1S/C22H20ClFN6O2/c1-12-2-4-15(13-7-9-30-18(10-13)28-22(25)29-30)20(24)19(12)21(32)26-8-6-17(31)16-5-3-14(23)11-27-16/h2-5,7,9-11,17,31H,6,8H2,1H3,(H2,25,29)(H,26,32)/t17-/m0/s1. The normalized spacial score (nSPS) is 12.1. The third kappa shape index (κ3) is 4.39. The van der Waals surface area contributed by atoms with Gasteiger partial charge in [-0.3, -0.25) is 9.78 Å². The van der Waals surface area contributed by atoms with Gasteiger partial charge in [-0.25, -0.2) is 8.91 Å². The predicted molar refractivity (Wildman–Crippen MR) is 119 cm³/mol. The van der Waals surface area contributed by atoms with Gasteiger partial charge in [0.25, 0.3) is 5.91 Å². The molecule has 4 aromatic rings. The Labute approximate surface area is 187 Å². The number of halogens is 2. The molecule has 3 heterocycles. The molecule has 0 aliphatic rings. The summed E-state index contributed by atoms with van der Waals surface area (Å²) >= 11 is 5.80. The highest BCUT2D eigenvalue weighted by molar-refractivity contribution is 6.30. The number of aryl methyl sites for hydroxylation is 1. The molecule has 0 aliphatic carbocycles. The molecule has 0 saturated carbocycles. The number of nitrogens with one attached hydrogen (secondary N) is 1. The number of carbonyl (C=O) groups excluding carboxylic acids is 1. The van der Waals surface area contributed by atoms with Crippen molar-refractivity contribution in [1.82, 2.24) is 24.9 Å². The van der Waals surface area contributed by atoms with Gasteiger partial charge in [0, 0.05) is 24.5 Å². The predicted octanol–water partition coefficient (Wildman–Crippen LogP) is 3.33. The van der Waals surface area contributed by atoms with E-state index in [0.29, 0.717) is 27.5 Å². The summed E-state index contributed by atoms with van der Waals surface area (Å²) in [5, 5.41) is 17.4. The highest BCUT2D eigenvalue weighted by Crippen LogP contribution is 2.28. The molecule has 10 heteroatoms. The average Bonchev–Trinajstić information content (AvgIpc) is 3.13. The molecule has 4 N–H and O–H groups in total. The summed E-state index contributed by atoms with van der Waals surface area (Å²) in [7, 11) is 0. The van der Waals surface area contributed by atoms with Crippen LogP contribution in [0.3, 0.4) is 0 Å². The molecule has 3 aromatic heterocycles. The van der Waals surface area contributed by atoms with Gasteiger partial charge in [-0.15, -0.1) is 5.10 Å². The molecule has 0 spiro atoms. The first-order valence-electron chi connectivity index (χ1n) is 9.82. The van der Waals surface area contributed by atoms with Gasteiger partial charge in [0.05, 0.1) is 22.4 Å². The summed E-state index contributed by atoms with van der Waals surface area (Å²) in [6, 6.07) is 9.86. The van der Waals surface area contributed by atoms with Crippen LogP contribution in [-0.2, 0) is 0 Å². The molecule has 0 saturated heterocycles. The lowest BCUT2D eigenvalue weighted by Crippen LogP contribution is -2.27. The van der Waals surface area contributed by atoms with Crippen LogP contribution in [-0.4, -0.2) is 37.1 Å². The minimum Gasteiger partial charge on any atom is -0.387 e. The van der Waals surface area contributed by atoms with Crippen LogP contribution in [0.4, 0.5) is 10.3 Å². The Bertz CT molecular complexity index is 1290. The Kier molecular flexibility index (Phi) is 6.02. The Morgan fingerprint density at radius 3 is 2.88 bits per heavy atom. The van der Waals surface area contributed by atoms with E-state index in [4.69, 9.17) is 17.3 Å². The van der Waals surface area contributed by atoms with Crippen LogP contribution in [0.2, 0.25) is 5.02 Å². The SMILES string of the molecule is Cc1ccc(-c2ccn3nc(N)nc3c2)c(F)c1C(=O)NCC[C@H](O)c1ccc(Cl)cn1. The van der Waals surface area contributed by atoms with Gasteiger partial charge < -0.3 is 16.2 Å². The van der Waals surface area contributed by atoms with Crippen LogP contribution in [0.15, 0.2) is 48.8 Å². The molecule has 1 aromatic carbocycles. The molecule has 0 unspecified atom stereocenters. The maximum Gasteiger partial charge on any atom is 0.254 e. The first-order valence-corrected chi connectivity index (χ1v) is 10.2. The summed E-state index contributed by atoms with van der Waals surface area (Å²) in [4.78, 5) is 20.9. The molecule has 0 radical (unpaired) electrons. The van der Waals surface area contributed by atoms with Crippen molar-refractivity contribution < 1.29 is 14.3 Å². The number of aromatic nitrogens is 4. The van der Waals surface area contributed by atoms with Crippen LogP contribution in [0.25, 0.3) is 16.8 Å². The summed E-state index contributed by atoms with van der Waals surface area (Å²) < 4.78 is 16.8. The molecule has 1 atom stereocenters. The number of pyridine rings is 2. The van der Waals surface area contributed by atoms with Crippen LogP contribution in [0, 0.1) is 12.7 Å². The molecule has 8 nitrogen and oxygen atoms in total. The average molecular weight is 455 g/mol. The van der Waals surface area contributed by atoms with E-state index >= 15 is 4.39 Å². The van der Waals surface area contributed by atoms with Crippen molar-refractivity contribution in [2.24, 2.45) is 0 Å². The Balaban J connectivity index is 1.51. The Hall–Kier alpha value is -3.56.